The van der Waals surface area contributed by atoms with Crippen molar-refractivity contribution in [3.63, 3.8) is 0 Å². The molecule has 144 valence electrons. The summed E-state index contributed by atoms with van der Waals surface area (Å²) in [5.74, 6) is 1.30. The monoisotopic (exact) mass is 472 g/mol. The Morgan fingerprint density at radius 3 is 2.54 bits per heavy atom. The molecule has 7 heteroatoms. The molecular weight excluding hydrogens is 443 g/mol. The Morgan fingerprint density at radius 1 is 1.27 bits per heavy atom. The Labute approximate surface area is 173 Å². The van der Waals surface area contributed by atoms with Gasteiger partial charge in [-0.1, -0.05) is 43.0 Å². The van der Waals surface area contributed by atoms with E-state index in [9.17, 15) is 4.79 Å². The molecule has 0 aliphatic heterocycles. The van der Waals surface area contributed by atoms with E-state index in [1.54, 1.807) is 20.2 Å². The number of hydrogen-bond acceptors (Lipinski definition) is 3. The zero-order chi connectivity index (χ0) is 18.7. The summed E-state index contributed by atoms with van der Waals surface area (Å²) in [7, 11) is 3.44. The van der Waals surface area contributed by atoms with E-state index >= 15 is 0 Å². The Bertz CT molecular complexity index is 630. The molecule has 0 atom stereocenters. The summed E-state index contributed by atoms with van der Waals surface area (Å²) in [6.45, 7) is 11.1. The van der Waals surface area contributed by atoms with Crippen LogP contribution in [0.4, 0.5) is 0 Å². The van der Waals surface area contributed by atoms with Gasteiger partial charge in [-0.2, -0.15) is 0 Å². The van der Waals surface area contributed by atoms with Gasteiger partial charge in [-0.05, 0) is 13.0 Å². The summed E-state index contributed by atoms with van der Waals surface area (Å²) in [6.07, 6.45) is 1.70. The van der Waals surface area contributed by atoms with Crippen molar-refractivity contribution in [3.8, 4) is 5.75 Å². The minimum atomic E-state index is -0.0282. The first-order valence-electron chi connectivity index (χ1n) is 8.12. The fraction of sp³-hybridized carbons (Fsp3) is 0.368. The van der Waals surface area contributed by atoms with Gasteiger partial charge in [-0.3, -0.25) is 4.79 Å². The number of carbonyl (C=O) groups excluding carboxylic acids is 1. The number of likely N-dealkylation sites (N-methyl/N-ethyl adjacent to an activating group) is 1. The molecule has 0 bridgehead atoms. The minimum absolute atomic E-state index is 0. The Kier molecular flexibility index (Phi) is 12.2. The van der Waals surface area contributed by atoms with Gasteiger partial charge in [-0.15, -0.1) is 24.0 Å². The van der Waals surface area contributed by atoms with Crippen molar-refractivity contribution >= 4 is 35.8 Å². The highest BCUT2D eigenvalue weighted by Gasteiger charge is 2.07. The zero-order valence-corrected chi connectivity index (χ0v) is 18.1. The third-order valence-corrected chi connectivity index (χ3v) is 3.20. The lowest BCUT2D eigenvalue weighted by Gasteiger charge is -2.15. The molecular formula is C19H29IN4O2. The van der Waals surface area contributed by atoms with Gasteiger partial charge in [0.1, 0.15) is 12.4 Å². The van der Waals surface area contributed by atoms with Gasteiger partial charge in [0.25, 0.3) is 0 Å². The molecule has 0 fully saturated rings. The van der Waals surface area contributed by atoms with E-state index in [-0.39, 0.29) is 36.4 Å². The summed E-state index contributed by atoms with van der Waals surface area (Å²) < 4.78 is 5.64. The van der Waals surface area contributed by atoms with E-state index in [1.165, 1.54) is 4.90 Å². The number of carbonyl (C=O) groups is 1. The summed E-state index contributed by atoms with van der Waals surface area (Å²) in [4.78, 5) is 17.8. The van der Waals surface area contributed by atoms with Crippen LogP contribution in [0.25, 0.3) is 0 Å². The fourth-order valence-electron chi connectivity index (χ4n) is 1.81. The van der Waals surface area contributed by atoms with Gasteiger partial charge in [0, 0.05) is 26.2 Å². The number of rotatable bonds is 9. The lowest BCUT2D eigenvalue weighted by atomic mass is 10.2. The van der Waals surface area contributed by atoms with Crippen LogP contribution in [0.3, 0.4) is 0 Å². The molecule has 0 spiro atoms. The summed E-state index contributed by atoms with van der Waals surface area (Å²) >= 11 is 0. The van der Waals surface area contributed by atoms with E-state index in [2.05, 4.69) is 28.8 Å². The SMILES string of the molecule is C=CCOc1ccccc1CN=C(NCC(=C)C)NCC(=O)N(C)C.I. The number of halogens is 1. The van der Waals surface area contributed by atoms with Crippen molar-refractivity contribution in [1.82, 2.24) is 15.5 Å². The highest BCUT2D eigenvalue weighted by Crippen LogP contribution is 2.18. The lowest BCUT2D eigenvalue weighted by Crippen LogP contribution is -2.43. The smallest absolute Gasteiger partial charge is 0.241 e. The number of hydrogen-bond donors (Lipinski definition) is 2. The van der Waals surface area contributed by atoms with Gasteiger partial charge < -0.3 is 20.3 Å². The second-order valence-corrected chi connectivity index (χ2v) is 5.82. The Hall–Kier alpha value is -2.03. The highest BCUT2D eigenvalue weighted by molar-refractivity contribution is 14.0. The average Bonchev–Trinajstić information content (AvgIpc) is 2.59. The van der Waals surface area contributed by atoms with Crippen LogP contribution in [0.5, 0.6) is 5.75 Å². The van der Waals surface area contributed by atoms with E-state index in [1.807, 2.05) is 31.2 Å². The number of ether oxygens (including phenoxy) is 1. The lowest BCUT2D eigenvalue weighted by molar-refractivity contribution is -0.127. The summed E-state index contributed by atoms with van der Waals surface area (Å²) in [5, 5.41) is 6.20. The normalized spacial score (nSPS) is 10.3. The van der Waals surface area contributed by atoms with Crippen molar-refractivity contribution in [2.45, 2.75) is 13.5 Å². The predicted octanol–water partition coefficient (Wildman–Crippen LogP) is 2.57. The largest absolute Gasteiger partial charge is 0.489 e. The van der Waals surface area contributed by atoms with Crippen molar-refractivity contribution in [1.29, 1.82) is 0 Å². The molecule has 0 aromatic heterocycles. The third kappa shape index (κ3) is 9.45. The van der Waals surface area contributed by atoms with Crippen LogP contribution >= 0.6 is 24.0 Å². The molecule has 0 saturated heterocycles. The maximum atomic E-state index is 11.8. The maximum Gasteiger partial charge on any atom is 0.241 e. The van der Waals surface area contributed by atoms with Gasteiger partial charge in [-0.25, -0.2) is 4.99 Å². The number of guanidine groups is 1. The van der Waals surface area contributed by atoms with Crippen LogP contribution in [0.15, 0.2) is 54.1 Å². The molecule has 2 N–H and O–H groups in total. The van der Waals surface area contributed by atoms with Crippen LogP contribution in [0.2, 0.25) is 0 Å². The van der Waals surface area contributed by atoms with Gasteiger partial charge in [0.05, 0.1) is 13.1 Å². The van der Waals surface area contributed by atoms with Crippen LogP contribution < -0.4 is 15.4 Å². The Balaban J connectivity index is 0.00000625. The molecule has 6 nitrogen and oxygen atoms in total. The maximum absolute atomic E-state index is 11.8. The number of benzene rings is 1. The molecule has 0 aliphatic carbocycles. The van der Waals surface area contributed by atoms with Crippen LogP contribution in [-0.2, 0) is 11.3 Å². The molecule has 1 aromatic carbocycles. The number of para-hydroxylation sites is 1. The highest BCUT2D eigenvalue weighted by atomic mass is 127. The standard InChI is InChI=1S/C19H28N4O2.HI/c1-6-11-25-17-10-8-7-9-16(17)13-21-19(20-12-15(2)3)22-14-18(24)23(4)5;/h6-10H,1-2,11-14H2,3-5H3,(H2,20,21,22);1H. The first-order chi connectivity index (χ1) is 11.9. The van der Waals surface area contributed by atoms with Crippen LogP contribution in [0, 0.1) is 0 Å². The first kappa shape index (κ1) is 24.0. The molecule has 1 rings (SSSR count). The van der Waals surface area contributed by atoms with Crippen molar-refractivity contribution < 1.29 is 9.53 Å². The van der Waals surface area contributed by atoms with E-state index in [4.69, 9.17) is 4.74 Å². The summed E-state index contributed by atoms with van der Waals surface area (Å²) in [6, 6.07) is 7.72. The van der Waals surface area contributed by atoms with Gasteiger partial charge in [0.15, 0.2) is 5.96 Å². The average molecular weight is 472 g/mol. The molecule has 0 saturated carbocycles. The fourth-order valence-corrected chi connectivity index (χ4v) is 1.81. The van der Waals surface area contributed by atoms with Crippen molar-refractivity contribution in [3.05, 3.63) is 54.6 Å². The van der Waals surface area contributed by atoms with Crippen LogP contribution in [-0.4, -0.2) is 50.6 Å². The molecule has 0 aliphatic rings. The third-order valence-electron chi connectivity index (χ3n) is 3.20. The number of amides is 1. The minimum Gasteiger partial charge on any atom is -0.489 e. The quantitative estimate of drug-likeness (QED) is 0.251. The molecule has 26 heavy (non-hydrogen) atoms. The van der Waals surface area contributed by atoms with E-state index < -0.39 is 0 Å². The topological polar surface area (TPSA) is 66.0 Å². The zero-order valence-electron chi connectivity index (χ0n) is 15.7. The van der Waals surface area contributed by atoms with Crippen molar-refractivity contribution in [2.75, 3.05) is 33.8 Å². The van der Waals surface area contributed by atoms with E-state index in [0.717, 1.165) is 16.9 Å². The molecule has 0 radical (unpaired) electrons. The van der Waals surface area contributed by atoms with E-state index in [0.29, 0.717) is 25.7 Å². The first-order valence-corrected chi connectivity index (χ1v) is 8.12. The van der Waals surface area contributed by atoms with Crippen LogP contribution in [0.1, 0.15) is 12.5 Å². The van der Waals surface area contributed by atoms with Gasteiger partial charge in [0.2, 0.25) is 5.91 Å². The Morgan fingerprint density at radius 2 is 1.92 bits per heavy atom. The number of aliphatic imine (C=N–C) groups is 1. The summed E-state index contributed by atoms with van der Waals surface area (Å²) in [5.41, 5.74) is 1.93. The molecule has 0 heterocycles. The molecule has 0 unspecified atom stereocenters. The second-order valence-electron chi connectivity index (χ2n) is 5.82. The molecule has 1 amide bonds. The van der Waals surface area contributed by atoms with Crippen molar-refractivity contribution in [2.24, 2.45) is 4.99 Å². The predicted molar refractivity (Wildman–Crippen MR) is 118 cm³/mol. The second kappa shape index (κ2) is 13.2. The number of nitrogens with zero attached hydrogens (tertiary/aromatic N) is 2. The van der Waals surface area contributed by atoms with Gasteiger partial charge >= 0.3 is 0 Å². The molecule has 1 aromatic rings. The number of nitrogens with one attached hydrogen (secondary N) is 2.